The van der Waals surface area contributed by atoms with Gasteiger partial charge < -0.3 is 10.6 Å². The minimum Gasteiger partial charge on any atom is -0.354 e. The van der Waals surface area contributed by atoms with E-state index in [0.717, 1.165) is 31.0 Å². The van der Waals surface area contributed by atoms with Gasteiger partial charge in [0, 0.05) is 30.9 Å². The van der Waals surface area contributed by atoms with Crippen LogP contribution in [0, 0.1) is 6.92 Å². The zero-order chi connectivity index (χ0) is 8.55. The number of aromatic amines is 1. The van der Waals surface area contributed by atoms with E-state index in [0.29, 0.717) is 6.04 Å². The molecule has 4 nitrogen and oxygen atoms in total. The summed E-state index contributed by atoms with van der Waals surface area (Å²) in [6.45, 7) is 3.97. The molecule has 0 spiro atoms. The van der Waals surface area contributed by atoms with E-state index in [2.05, 4.69) is 21.2 Å². The molecule has 1 aromatic heterocycles. The molecule has 0 radical (unpaired) electrons. The number of nitrogens with one attached hydrogen (secondary N) is 1. The van der Waals surface area contributed by atoms with Gasteiger partial charge in [-0.3, -0.25) is 5.10 Å². The van der Waals surface area contributed by atoms with Crippen molar-refractivity contribution < 1.29 is 0 Å². The van der Waals surface area contributed by atoms with E-state index < -0.39 is 0 Å². The zero-order valence-electron chi connectivity index (χ0n) is 7.25. The molecule has 0 aliphatic carbocycles. The van der Waals surface area contributed by atoms with Crippen LogP contribution in [0.1, 0.15) is 12.1 Å². The topological polar surface area (TPSA) is 57.9 Å². The first-order valence-electron chi connectivity index (χ1n) is 4.28. The van der Waals surface area contributed by atoms with Crippen LogP contribution in [0.4, 0.5) is 5.82 Å². The van der Waals surface area contributed by atoms with Crippen LogP contribution >= 0.6 is 0 Å². The minimum absolute atomic E-state index is 0.321. The summed E-state index contributed by atoms with van der Waals surface area (Å²) >= 11 is 0. The lowest BCUT2D eigenvalue weighted by Gasteiger charge is -2.13. The van der Waals surface area contributed by atoms with E-state index >= 15 is 0 Å². The molecule has 0 amide bonds. The Bertz CT molecular complexity index is 268. The third-order valence-corrected chi connectivity index (χ3v) is 2.24. The fourth-order valence-electron chi connectivity index (χ4n) is 1.56. The second-order valence-corrected chi connectivity index (χ2v) is 3.40. The van der Waals surface area contributed by atoms with Gasteiger partial charge in [0.05, 0.1) is 0 Å². The average Bonchev–Trinajstić information content (AvgIpc) is 2.58. The molecule has 2 rings (SSSR count). The van der Waals surface area contributed by atoms with E-state index in [9.17, 15) is 0 Å². The highest BCUT2D eigenvalue weighted by atomic mass is 15.3. The summed E-state index contributed by atoms with van der Waals surface area (Å²) in [6, 6.07) is 2.37. The predicted molar refractivity (Wildman–Crippen MR) is 48.1 cm³/mol. The number of anilines is 1. The molecule has 1 saturated heterocycles. The maximum atomic E-state index is 5.79. The van der Waals surface area contributed by atoms with Crippen molar-refractivity contribution in [1.82, 2.24) is 10.2 Å². The third kappa shape index (κ3) is 1.30. The molecule has 1 aliphatic heterocycles. The van der Waals surface area contributed by atoms with Gasteiger partial charge in [0.25, 0.3) is 0 Å². The van der Waals surface area contributed by atoms with Crippen molar-refractivity contribution in [2.45, 2.75) is 19.4 Å². The molecule has 0 saturated carbocycles. The molecule has 1 aliphatic rings. The van der Waals surface area contributed by atoms with Gasteiger partial charge in [-0.2, -0.15) is 5.10 Å². The molecule has 66 valence electrons. The van der Waals surface area contributed by atoms with Gasteiger partial charge in [0.1, 0.15) is 0 Å². The molecule has 3 N–H and O–H groups in total. The van der Waals surface area contributed by atoms with Crippen molar-refractivity contribution in [2.24, 2.45) is 5.73 Å². The van der Waals surface area contributed by atoms with Crippen LogP contribution in [0.15, 0.2) is 6.07 Å². The van der Waals surface area contributed by atoms with Crippen molar-refractivity contribution in [2.75, 3.05) is 18.0 Å². The molecule has 0 bridgehead atoms. The average molecular weight is 166 g/mol. The number of rotatable bonds is 1. The molecule has 0 unspecified atom stereocenters. The Labute approximate surface area is 71.7 Å². The third-order valence-electron chi connectivity index (χ3n) is 2.24. The van der Waals surface area contributed by atoms with Crippen LogP contribution in [-0.4, -0.2) is 29.3 Å². The SMILES string of the molecule is Cc1cc(N2CC[C@H](N)C2)n[nH]1. The van der Waals surface area contributed by atoms with E-state index in [4.69, 9.17) is 5.73 Å². The number of H-pyrrole nitrogens is 1. The predicted octanol–water partition coefficient (Wildman–Crippen LogP) is 0.256. The number of aromatic nitrogens is 2. The first-order chi connectivity index (χ1) is 5.75. The summed E-state index contributed by atoms with van der Waals surface area (Å²) < 4.78 is 0. The van der Waals surface area contributed by atoms with Crippen LogP contribution in [0.25, 0.3) is 0 Å². The highest BCUT2D eigenvalue weighted by Crippen LogP contribution is 2.17. The van der Waals surface area contributed by atoms with Gasteiger partial charge >= 0.3 is 0 Å². The van der Waals surface area contributed by atoms with Crippen molar-refractivity contribution in [3.05, 3.63) is 11.8 Å². The van der Waals surface area contributed by atoms with Gasteiger partial charge in [-0.25, -0.2) is 0 Å². The highest BCUT2D eigenvalue weighted by Gasteiger charge is 2.20. The Hall–Kier alpha value is -1.03. The Morgan fingerprint density at radius 2 is 2.58 bits per heavy atom. The number of hydrogen-bond acceptors (Lipinski definition) is 3. The molecule has 0 aromatic carbocycles. The fraction of sp³-hybridized carbons (Fsp3) is 0.625. The maximum Gasteiger partial charge on any atom is 0.150 e. The van der Waals surface area contributed by atoms with E-state index in [1.807, 2.05) is 6.92 Å². The normalized spacial score (nSPS) is 23.5. The van der Waals surface area contributed by atoms with Crippen LogP contribution in [0.3, 0.4) is 0 Å². The summed E-state index contributed by atoms with van der Waals surface area (Å²) in [5, 5.41) is 7.11. The zero-order valence-corrected chi connectivity index (χ0v) is 7.25. The van der Waals surface area contributed by atoms with E-state index in [-0.39, 0.29) is 0 Å². The van der Waals surface area contributed by atoms with Gasteiger partial charge in [0.15, 0.2) is 5.82 Å². The Kier molecular flexibility index (Phi) is 1.77. The lowest BCUT2D eigenvalue weighted by molar-refractivity contribution is 0.751. The number of nitrogens with two attached hydrogens (primary N) is 1. The Balaban J connectivity index is 2.11. The molecule has 2 heterocycles. The quantitative estimate of drug-likeness (QED) is 0.629. The molecule has 1 atom stereocenters. The largest absolute Gasteiger partial charge is 0.354 e. The van der Waals surface area contributed by atoms with Gasteiger partial charge in [-0.15, -0.1) is 0 Å². The monoisotopic (exact) mass is 166 g/mol. The van der Waals surface area contributed by atoms with Crippen molar-refractivity contribution >= 4 is 5.82 Å². The minimum atomic E-state index is 0.321. The van der Waals surface area contributed by atoms with Gasteiger partial charge in [-0.1, -0.05) is 0 Å². The van der Waals surface area contributed by atoms with Gasteiger partial charge in [-0.05, 0) is 13.3 Å². The summed E-state index contributed by atoms with van der Waals surface area (Å²) in [4.78, 5) is 2.22. The van der Waals surface area contributed by atoms with Crippen LogP contribution < -0.4 is 10.6 Å². The molecule has 4 heteroatoms. The Morgan fingerprint density at radius 1 is 1.75 bits per heavy atom. The Morgan fingerprint density at radius 3 is 3.08 bits per heavy atom. The summed E-state index contributed by atoms with van der Waals surface area (Å²) in [5.41, 5.74) is 6.89. The molecular weight excluding hydrogens is 152 g/mol. The van der Waals surface area contributed by atoms with Gasteiger partial charge in [0.2, 0.25) is 0 Å². The molecular formula is C8H14N4. The van der Waals surface area contributed by atoms with Crippen LogP contribution in [-0.2, 0) is 0 Å². The smallest absolute Gasteiger partial charge is 0.150 e. The van der Waals surface area contributed by atoms with Crippen molar-refractivity contribution in [3.8, 4) is 0 Å². The number of hydrogen-bond donors (Lipinski definition) is 2. The lowest BCUT2D eigenvalue weighted by Crippen LogP contribution is -2.26. The maximum absolute atomic E-state index is 5.79. The van der Waals surface area contributed by atoms with Crippen molar-refractivity contribution in [3.63, 3.8) is 0 Å². The molecule has 1 aromatic rings. The van der Waals surface area contributed by atoms with E-state index in [1.165, 1.54) is 0 Å². The second kappa shape index (κ2) is 2.79. The first kappa shape index (κ1) is 7.61. The standard InChI is InChI=1S/C8H14N4/c1-6-4-8(11-10-6)12-3-2-7(9)5-12/h4,7H,2-3,5,9H2,1H3,(H,10,11)/t7-/m0/s1. The summed E-state index contributed by atoms with van der Waals surface area (Å²) in [6.07, 6.45) is 1.08. The second-order valence-electron chi connectivity index (χ2n) is 3.40. The molecule has 1 fully saturated rings. The first-order valence-corrected chi connectivity index (χ1v) is 4.28. The van der Waals surface area contributed by atoms with Crippen molar-refractivity contribution in [1.29, 1.82) is 0 Å². The molecule has 12 heavy (non-hydrogen) atoms. The lowest BCUT2D eigenvalue weighted by atomic mass is 10.3. The fourth-order valence-corrected chi connectivity index (χ4v) is 1.56. The van der Waals surface area contributed by atoms with Crippen LogP contribution in [0.2, 0.25) is 0 Å². The summed E-state index contributed by atoms with van der Waals surface area (Å²) in [5.74, 6) is 1.03. The highest BCUT2D eigenvalue weighted by molar-refractivity contribution is 5.40. The summed E-state index contributed by atoms with van der Waals surface area (Å²) in [7, 11) is 0. The van der Waals surface area contributed by atoms with E-state index in [1.54, 1.807) is 0 Å². The van der Waals surface area contributed by atoms with Crippen LogP contribution in [0.5, 0.6) is 0 Å². The number of aryl methyl sites for hydroxylation is 1. The number of nitrogens with zero attached hydrogens (tertiary/aromatic N) is 2.